The van der Waals surface area contributed by atoms with Crippen molar-refractivity contribution in [3.05, 3.63) is 60.2 Å². The molecule has 0 atom stereocenters. The van der Waals surface area contributed by atoms with Crippen LogP contribution in [0.25, 0.3) is 21.0 Å². The summed E-state index contributed by atoms with van der Waals surface area (Å²) in [6.45, 7) is -0.440. The van der Waals surface area contributed by atoms with Crippen molar-refractivity contribution in [2.45, 2.75) is 0 Å². The molecule has 0 saturated carbocycles. The lowest BCUT2D eigenvalue weighted by atomic mass is 10.1. The first-order valence-corrected chi connectivity index (χ1v) is 9.55. The maximum atomic E-state index is 12.4. The van der Waals surface area contributed by atoms with Crippen molar-refractivity contribution in [2.24, 2.45) is 0 Å². The van der Waals surface area contributed by atoms with Crippen LogP contribution in [0.5, 0.6) is 5.75 Å². The molecule has 0 aliphatic rings. The highest BCUT2D eigenvalue weighted by atomic mass is 32.1. The van der Waals surface area contributed by atoms with Gasteiger partial charge in [0.05, 0.1) is 22.9 Å². The smallest absolute Gasteiger partial charge is 0.340 e. The molecule has 1 aromatic heterocycles. The summed E-state index contributed by atoms with van der Waals surface area (Å²) in [5.74, 6) is -0.429. The fourth-order valence-corrected chi connectivity index (χ4v) is 3.79. The number of hydrogen-bond acceptors (Lipinski definition) is 7. The van der Waals surface area contributed by atoms with Crippen molar-refractivity contribution < 1.29 is 19.1 Å². The van der Waals surface area contributed by atoms with Crippen LogP contribution in [0.2, 0.25) is 0 Å². The molecule has 1 amide bonds. The fourth-order valence-electron chi connectivity index (χ4n) is 2.88. The highest BCUT2D eigenvalue weighted by Gasteiger charge is 2.15. The van der Waals surface area contributed by atoms with E-state index in [2.05, 4.69) is 10.3 Å². The molecule has 0 radical (unpaired) electrons. The largest absolute Gasteiger partial charge is 0.497 e. The molecule has 3 aromatic carbocycles. The van der Waals surface area contributed by atoms with Crippen LogP contribution < -0.4 is 15.8 Å². The van der Waals surface area contributed by atoms with Gasteiger partial charge in [0.25, 0.3) is 5.91 Å². The summed E-state index contributed by atoms with van der Waals surface area (Å²) in [7, 11) is 1.58. The number of nitrogen functional groups attached to an aromatic ring is 1. The number of fused-ring (bicyclic) bond motifs is 2. The summed E-state index contributed by atoms with van der Waals surface area (Å²) < 4.78 is 11.2. The lowest BCUT2D eigenvalue weighted by Crippen LogP contribution is -2.21. The Kier molecular flexibility index (Phi) is 5.01. The summed E-state index contributed by atoms with van der Waals surface area (Å²) in [5, 5.41) is 4.84. The molecule has 0 aliphatic heterocycles. The average molecular weight is 407 g/mol. The third-order valence-corrected chi connectivity index (χ3v) is 5.25. The van der Waals surface area contributed by atoms with Gasteiger partial charge in [0.2, 0.25) is 0 Å². The minimum atomic E-state index is -0.655. The van der Waals surface area contributed by atoms with Gasteiger partial charge in [0.1, 0.15) is 5.75 Å². The number of aromatic nitrogens is 1. The zero-order valence-electron chi connectivity index (χ0n) is 15.5. The first kappa shape index (κ1) is 18.7. The molecule has 29 heavy (non-hydrogen) atoms. The second-order valence-electron chi connectivity index (χ2n) is 6.26. The van der Waals surface area contributed by atoms with E-state index >= 15 is 0 Å². The molecular formula is C21H17N3O4S. The normalized spacial score (nSPS) is 10.8. The minimum absolute atomic E-state index is 0.226. The average Bonchev–Trinajstić information content (AvgIpc) is 3.12. The predicted molar refractivity (Wildman–Crippen MR) is 113 cm³/mol. The van der Waals surface area contributed by atoms with Crippen molar-refractivity contribution in [3.8, 4) is 5.75 Å². The molecule has 0 saturated heterocycles. The van der Waals surface area contributed by atoms with Crippen molar-refractivity contribution in [3.63, 3.8) is 0 Å². The number of methoxy groups -OCH3 is 1. The molecule has 4 rings (SSSR count). The van der Waals surface area contributed by atoms with Gasteiger partial charge in [-0.1, -0.05) is 35.6 Å². The van der Waals surface area contributed by atoms with Crippen molar-refractivity contribution >= 4 is 55.0 Å². The number of nitrogens with one attached hydrogen (secondary N) is 1. The Hall–Kier alpha value is -3.65. The van der Waals surface area contributed by atoms with E-state index in [1.807, 2.05) is 36.4 Å². The van der Waals surface area contributed by atoms with Crippen LogP contribution in [0.15, 0.2) is 54.6 Å². The maximum absolute atomic E-state index is 12.4. The Morgan fingerprint density at radius 1 is 1.10 bits per heavy atom. The van der Waals surface area contributed by atoms with Crippen LogP contribution in [0.4, 0.5) is 10.8 Å². The number of hydrogen-bond donors (Lipinski definition) is 2. The van der Waals surface area contributed by atoms with Crippen LogP contribution in [-0.4, -0.2) is 30.6 Å². The van der Waals surface area contributed by atoms with E-state index in [-0.39, 0.29) is 5.56 Å². The molecule has 0 bridgehead atoms. The summed E-state index contributed by atoms with van der Waals surface area (Å²) >= 11 is 1.31. The monoisotopic (exact) mass is 407 g/mol. The van der Waals surface area contributed by atoms with Crippen molar-refractivity contribution in [2.75, 3.05) is 24.8 Å². The quantitative estimate of drug-likeness (QED) is 0.385. The molecule has 146 valence electrons. The Balaban J connectivity index is 1.42. The number of carbonyl (C=O) groups excluding carboxylic acids is 2. The molecule has 1 heterocycles. The highest BCUT2D eigenvalue weighted by molar-refractivity contribution is 7.22. The van der Waals surface area contributed by atoms with Crippen LogP contribution in [0, 0.1) is 0 Å². The van der Waals surface area contributed by atoms with Gasteiger partial charge in [-0.05, 0) is 41.1 Å². The molecule has 7 nitrogen and oxygen atoms in total. The van der Waals surface area contributed by atoms with E-state index < -0.39 is 18.5 Å². The minimum Gasteiger partial charge on any atom is -0.497 e. The van der Waals surface area contributed by atoms with E-state index in [9.17, 15) is 9.59 Å². The number of esters is 1. The summed E-state index contributed by atoms with van der Waals surface area (Å²) in [6, 6.07) is 16.4. The molecule has 4 aromatic rings. The van der Waals surface area contributed by atoms with Gasteiger partial charge < -0.3 is 15.2 Å². The van der Waals surface area contributed by atoms with E-state index in [4.69, 9.17) is 15.2 Å². The van der Waals surface area contributed by atoms with Gasteiger partial charge in [0.15, 0.2) is 11.7 Å². The predicted octanol–water partition coefficient (Wildman–Crippen LogP) is 3.84. The first-order valence-electron chi connectivity index (χ1n) is 8.73. The SMILES string of the molecule is COc1ccc2nc(NC(=O)COC(=O)c3cc4ccccc4cc3N)sc2c1. The van der Waals surface area contributed by atoms with Crippen LogP contribution >= 0.6 is 11.3 Å². The number of anilines is 2. The van der Waals surface area contributed by atoms with Crippen molar-refractivity contribution in [1.29, 1.82) is 0 Å². The summed E-state index contributed by atoms with van der Waals surface area (Å²) in [6.07, 6.45) is 0. The second-order valence-corrected chi connectivity index (χ2v) is 7.29. The number of nitrogens with two attached hydrogens (primary N) is 1. The topological polar surface area (TPSA) is 104 Å². The number of amides is 1. The lowest BCUT2D eigenvalue weighted by molar-refractivity contribution is -0.119. The Morgan fingerprint density at radius 3 is 2.62 bits per heavy atom. The fraction of sp³-hybridized carbons (Fsp3) is 0.0952. The maximum Gasteiger partial charge on any atom is 0.340 e. The number of nitrogens with zero attached hydrogens (tertiary/aromatic N) is 1. The lowest BCUT2D eigenvalue weighted by Gasteiger charge is -2.08. The first-order chi connectivity index (χ1) is 14.0. The van der Waals surface area contributed by atoms with Gasteiger partial charge in [0, 0.05) is 5.69 Å². The van der Waals surface area contributed by atoms with Gasteiger partial charge in [-0.25, -0.2) is 9.78 Å². The van der Waals surface area contributed by atoms with E-state index in [1.54, 1.807) is 25.3 Å². The van der Waals surface area contributed by atoms with Gasteiger partial charge >= 0.3 is 5.97 Å². The third kappa shape index (κ3) is 3.97. The molecular weight excluding hydrogens is 390 g/mol. The summed E-state index contributed by atoms with van der Waals surface area (Å²) in [5.41, 5.74) is 7.23. The Bertz CT molecular complexity index is 1240. The molecule has 8 heteroatoms. The molecule has 0 unspecified atom stereocenters. The van der Waals surface area contributed by atoms with Gasteiger partial charge in [-0.3, -0.25) is 10.1 Å². The van der Waals surface area contributed by atoms with Crippen LogP contribution in [0.1, 0.15) is 10.4 Å². The van der Waals surface area contributed by atoms with Crippen LogP contribution in [0.3, 0.4) is 0 Å². The Labute approximate surface area is 170 Å². The van der Waals surface area contributed by atoms with E-state index in [1.165, 1.54) is 11.3 Å². The third-order valence-electron chi connectivity index (χ3n) is 4.31. The standard InChI is InChI=1S/C21H17N3O4S/c1-27-14-6-7-17-18(10-14)29-21(23-17)24-19(25)11-28-20(26)15-8-12-4-2-3-5-13(12)9-16(15)22/h2-10H,11,22H2,1H3,(H,23,24,25). The molecule has 0 spiro atoms. The van der Waals surface area contributed by atoms with Gasteiger partial charge in [-0.15, -0.1) is 0 Å². The zero-order chi connectivity index (χ0) is 20.4. The molecule has 3 N–H and O–H groups in total. The number of ether oxygens (including phenoxy) is 2. The Morgan fingerprint density at radius 2 is 1.86 bits per heavy atom. The van der Waals surface area contributed by atoms with Gasteiger partial charge in [-0.2, -0.15) is 0 Å². The number of benzene rings is 3. The zero-order valence-corrected chi connectivity index (χ0v) is 16.3. The molecule has 0 aliphatic carbocycles. The second kappa shape index (κ2) is 7.76. The van der Waals surface area contributed by atoms with E-state index in [0.29, 0.717) is 16.6 Å². The summed E-state index contributed by atoms with van der Waals surface area (Å²) in [4.78, 5) is 28.9. The highest BCUT2D eigenvalue weighted by Crippen LogP contribution is 2.29. The number of carbonyl (C=O) groups is 2. The molecule has 0 fully saturated rings. The number of rotatable bonds is 5. The number of thiazole rings is 1. The van der Waals surface area contributed by atoms with Crippen molar-refractivity contribution in [1.82, 2.24) is 4.98 Å². The van der Waals surface area contributed by atoms with E-state index in [0.717, 1.165) is 21.0 Å². The van der Waals surface area contributed by atoms with Crippen LogP contribution in [-0.2, 0) is 9.53 Å².